The molecule has 3 rings (SSSR count). The highest BCUT2D eigenvalue weighted by Crippen LogP contribution is 2.40. The molecule has 1 saturated carbocycles. The first-order valence-corrected chi connectivity index (χ1v) is 9.37. The lowest BCUT2D eigenvalue weighted by molar-refractivity contribution is 0.239. The molecule has 0 unspecified atom stereocenters. The molecule has 0 aliphatic heterocycles. The number of methoxy groups -OCH3 is 2. The average molecular weight is 386 g/mol. The van der Waals surface area contributed by atoms with Gasteiger partial charge in [0.15, 0.2) is 11.5 Å². The summed E-state index contributed by atoms with van der Waals surface area (Å²) in [5.74, 6) is 3.29. The fourth-order valence-electron chi connectivity index (χ4n) is 2.70. The molecule has 1 aliphatic rings. The van der Waals surface area contributed by atoms with Crippen molar-refractivity contribution in [2.45, 2.75) is 32.8 Å². The Balaban J connectivity index is 1.85. The zero-order chi connectivity index (χ0) is 20.1. The molecule has 0 amide bonds. The van der Waals surface area contributed by atoms with Crippen LogP contribution in [0.3, 0.4) is 0 Å². The minimum absolute atomic E-state index is 0.0321. The second-order valence-electron chi connectivity index (χ2n) is 7.02. The highest BCUT2D eigenvalue weighted by molar-refractivity contribution is 5.71. The Hall–Kier alpha value is -2.89. The predicted octanol–water partition coefficient (Wildman–Crippen LogP) is 4.40. The Labute approximate surface area is 164 Å². The lowest BCUT2D eigenvalue weighted by Gasteiger charge is -2.15. The van der Waals surface area contributed by atoms with Gasteiger partial charge in [-0.25, -0.2) is 4.79 Å². The zero-order valence-electron chi connectivity index (χ0n) is 16.7. The van der Waals surface area contributed by atoms with Gasteiger partial charge in [0.2, 0.25) is 5.75 Å². The molecule has 0 N–H and O–H groups in total. The highest BCUT2D eigenvalue weighted by atomic mass is 16.5. The van der Waals surface area contributed by atoms with Crippen molar-refractivity contribution in [2.24, 2.45) is 5.92 Å². The maximum atomic E-state index is 11.7. The minimum atomic E-state index is -0.461. The van der Waals surface area contributed by atoms with Crippen LogP contribution < -0.4 is 24.6 Å². The van der Waals surface area contributed by atoms with E-state index in [1.807, 2.05) is 32.1 Å². The van der Waals surface area contributed by atoms with Crippen LogP contribution in [0.15, 0.2) is 33.5 Å². The van der Waals surface area contributed by atoms with Gasteiger partial charge in [0.05, 0.1) is 33.0 Å². The predicted molar refractivity (Wildman–Crippen MR) is 107 cm³/mol. The maximum absolute atomic E-state index is 11.7. The summed E-state index contributed by atoms with van der Waals surface area (Å²) in [7, 11) is 3.19. The van der Waals surface area contributed by atoms with Gasteiger partial charge >= 0.3 is 5.63 Å². The Morgan fingerprint density at radius 3 is 2.32 bits per heavy atom. The number of ether oxygens (including phenoxy) is 4. The molecule has 0 bridgehead atoms. The van der Waals surface area contributed by atoms with E-state index in [9.17, 15) is 4.79 Å². The summed E-state index contributed by atoms with van der Waals surface area (Å²) >= 11 is 0. The van der Waals surface area contributed by atoms with Crippen LogP contribution in [0.1, 0.15) is 38.0 Å². The number of hydrogen-bond acceptors (Lipinski definition) is 6. The van der Waals surface area contributed by atoms with Crippen molar-refractivity contribution in [1.82, 2.24) is 0 Å². The topological polar surface area (TPSA) is 67.1 Å². The highest BCUT2D eigenvalue weighted by Gasteiger charge is 2.24. The van der Waals surface area contributed by atoms with E-state index in [1.54, 1.807) is 26.4 Å². The van der Waals surface area contributed by atoms with E-state index >= 15 is 0 Å². The number of benzene rings is 1. The Bertz CT molecular complexity index is 867. The van der Waals surface area contributed by atoms with E-state index < -0.39 is 5.63 Å². The van der Waals surface area contributed by atoms with Crippen molar-refractivity contribution in [1.29, 1.82) is 0 Å². The van der Waals surface area contributed by atoms with Gasteiger partial charge < -0.3 is 23.4 Å². The van der Waals surface area contributed by atoms with Crippen molar-refractivity contribution in [3.63, 3.8) is 0 Å². The van der Waals surface area contributed by atoms with Crippen molar-refractivity contribution < 1.29 is 23.4 Å². The van der Waals surface area contributed by atoms with E-state index in [2.05, 4.69) is 0 Å². The van der Waals surface area contributed by atoms with Crippen LogP contribution in [0.4, 0.5) is 0 Å². The normalized spacial score (nSPS) is 13.8. The summed E-state index contributed by atoms with van der Waals surface area (Å²) in [5.41, 5.74) is 0.363. The monoisotopic (exact) mass is 386 g/mol. The molecule has 2 aromatic rings. The van der Waals surface area contributed by atoms with E-state index in [0.29, 0.717) is 41.3 Å². The lowest BCUT2D eigenvalue weighted by Crippen LogP contribution is -2.08. The van der Waals surface area contributed by atoms with Crippen LogP contribution in [0.2, 0.25) is 0 Å². The Morgan fingerprint density at radius 2 is 1.75 bits per heavy atom. The maximum Gasteiger partial charge on any atom is 0.339 e. The van der Waals surface area contributed by atoms with Gasteiger partial charge in [-0.2, -0.15) is 0 Å². The number of hydrogen-bond donors (Lipinski definition) is 0. The third kappa shape index (κ3) is 5.31. The molecule has 0 radical (unpaired) electrons. The summed E-state index contributed by atoms with van der Waals surface area (Å²) in [6, 6.07) is 6.72. The zero-order valence-corrected chi connectivity index (χ0v) is 16.7. The third-order valence-corrected chi connectivity index (χ3v) is 4.22. The van der Waals surface area contributed by atoms with Gasteiger partial charge in [0.25, 0.3) is 0 Å². The van der Waals surface area contributed by atoms with Gasteiger partial charge in [-0.1, -0.05) is 6.08 Å². The van der Waals surface area contributed by atoms with Gasteiger partial charge in [-0.05, 0) is 56.4 Å². The molecule has 1 aromatic carbocycles. The van der Waals surface area contributed by atoms with Gasteiger partial charge in [0, 0.05) is 6.07 Å². The fourth-order valence-corrected chi connectivity index (χ4v) is 2.70. The second-order valence-corrected chi connectivity index (χ2v) is 7.02. The van der Waals surface area contributed by atoms with E-state index in [0.717, 1.165) is 5.56 Å². The SMILES string of the molecule is COc1cc(/C=C/c2cc(OC(C)C)cc(=O)o2)cc(OC)c1OCC1CC1. The molecule has 150 valence electrons. The van der Waals surface area contributed by atoms with Crippen molar-refractivity contribution in [3.8, 4) is 23.0 Å². The quantitative estimate of drug-likeness (QED) is 0.636. The standard InChI is InChI=1S/C22H26O6/c1-14(2)27-18-11-17(28-21(23)12-18)8-7-16-9-19(24-3)22(20(10-16)25-4)26-13-15-5-6-15/h7-12,14-15H,5-6,13H2,1-4H3/b8-7+. The van der Waals surface area contributed by atoms with Crippen molar-refractivity contribution in [3.05, 3.63) is 46.0 Å². The Kier molecular flexibility index (Phi) is 6.29. The molecule has 1 aliphatic carbocycles. The molecule has 0 atom stereocenters. The smallest absolute Gasteiger partial charge is 0.339 e. The van der Waals surface area contributed by atoms with Crippen LogP contribution in [0.5, 0.6) is 23.0 Å². The van der Waals surface area contributed by atoms with Crippen molar-refractivity contribution in [2.75, 3.05) is 20.8 Å². The molecule has 0 spiro atoms. The van der Waals surface area contributed by atoms with Gasteiger partial charge in [-0.15, -0.1) is 0 Å². The lowest BCUT2D eigenvalue weighted by atomic mass is 10.1. The summed E-state index contributed by atoms with van der Waals surface area (Å²) in [4.78, 5) is 11.7. The summed E-state index contributed by atoms with van der Waals surface area (Å²) in [5, 5.41) is 0. The second kappa shape index (κ2) is 8.87. The fraction of sp³-hybridized carbons (Fsp3) is 0.409. The van der Waals surface area contributed by atoms with Gasteiger partial charge in [0.1, 0.15) is 11.5 Å². The summed E-state index contributed by atoms with van der Waals surface area (Å²) in [6.45, 7) is 4.46. The van der Waals surface area contributed by atoms with Crippen molar-refractivity contribution >= 4 is 12.2 Å². The van der Waals surface area contributed by atoms with Gasteiger partial charge in [-0.3, -0.25) is 0 Å². The first kappa shape index (κ1) is 19.9. The molecular formula is C22H26O6. The van der Waals surface area contributed by atoms with Crippen LogP contribution in [0.25, 0.3) is 12.2 Å². The molecule has 28 heavy (non-hydrogen) atoms. The Morgan fingerprint density at radius 1 is 1.07 bits per heavy atom. The van der Waals surface area contributed by atoms with Crippen LogP contribution in [-0.4, -0.2) is 26.9 Å². The molecular weight excluding hydrogens is 360 g/mol. The largest absolute Gasteiger partial charge is 0.493 e. The summed E-state index contributed by atoms with van der Waals surface area (Å²) in [6.07, 6.45) is 5.89. The molecule has 1 aromatic heterocycles. The first-order valence-electron chi connectivity index (χ1n) is 9.37. The minimum Gasteiger partial charge on any atom is -0.493 e. The molecule has 1 fully saturated rings. The third-order valence-electron chi connectivity index (χ3n) is 4.22. The molecule has 0 saturated heterocycles. The molecule has 1 heterocycles. The first-order chi connectivity index (χ1) is 13.5. The van der Waals surface area contributed by atoms with E-state index in [1.165, 1.54) is 18.9 Å². The average Bonchev–Trinajstić information content (AvgIpc) is 3.47. The number of rotatable bonds is 9. The molecule has 6 nitrogen and oxygen atoms in total. The van der Waals surface area contributed by atoms with Crippen LogP contribution in [-0.2, 0) is 0 Å². The van der Waals surface area contributed by atoms with E-state index in [4.69, 9.17) is 23.4 Å². The summed E-state index contributed by atoms with van der Waals surface area (Å²) < 4.78 is 27.7. The van der Waals surface area contributed by atoms with Crippen LogP contribution in [0, 0.1) is 5.92 Å². The molecule has 6 heteroatoms. The van der Waals surface area contributed by atoms with E-state index in [-0.39, 0.29) is 6.10 Å². The van der Waals surface area contributed by atoms with Crippen LogP contribution >= 0.6 is 0 Å².